The minimum absolute atomic E-state index is 0.140. The molecule has 0 aliphatic carbocycles. The van der Waals surface area contributed by atoms with E-state index in [4.69, 9.17) is 4.74 Å². The molecule has 0 radical (unpaired) electrons. The van der Waals surface area contributed by atoms with E-state index in [1.54, 1.807) is 13.0 Å². The van der Waals surface area contributed by atoms with Crippen molar-refractivity contribution in [1.29, 1.82) is 0 Å². The summed E-state index contributed by atoms with van der Waals surface area (Å²) in [5.74, 6) is -1.77. The molecule has 4 nitrogen and oxygen atoms in total. The molecule has 0 aliphatic heterocycles. The highest BCUT2D eigenvalue weighted by Gasteiger charge is 2.17. The Hall–Kier alpha value is -2.12. The van der Waals surface area contributed by atoms with Crippen LogP contribution in [0.25, 0.3) is 11.3 Å². The largest absolute Gasteiger partial charge is 0.368 e. The minimum atomic E-state index is -0.700. The average Bonchev–Trinajstić information content (AvgIpc) is 2.95. The number of hydrogen-bond acceptors (Lipinski definition) is 4. The van der Waals surface area contributed by atoms with Gasteiger partial charge < -0.3 is 4.74 Å². The molecule has 0 fully saturated rings. The topological polar surface area (TPSA) is 51.2 Å². The highest BCUT2D eigenvalue weighted by Crippen LogP contribution is 2.29. The van der Waals surface area contributed by atoms with E-state index < -0.39 is 17.7 Å². The number of hydrogen-bond donors (Lipinski definition) is 1. The summed E-state index contributed by atoms with van der Waals surface area (Å²) in [6.07, 6.45) is 1.68. The van der Waals surface area contributed by atoms with E-state index in [9.17, 15) is 13.6 Å². The molecule has 1 heterocycles. The third-order valence-electron chi connectivity index (χ3n) is 3.01. The monoisotopic (exact) mass is 338 g/mol. The van der Waals surface area contributed by atoms with Crippen molar-refractivity contribution in [3.63, 3.8) is 0 Å². The molecule has 2 aromatic rings. The fourth-order valence-electron chi connectivity index (χ4n) is 1.80. The van der Waals surface area contributed by atoms with Crippen molar-refractivity contribution in [2.75, 3.05) is 11.9 Å². The van der Waals surface area contributed by atoms with Crippen LogP contribution in [0.5, 0.6) is 0 Å². The van der Waals surface area contributed by atoms with Crippen molar-refractivity contribution in [3.05, 3.63) is 47.9 Å². The number of thiazole rings is 1. The molecule has 2 rings (SSSR count). The van der Waals surface area contributed by atoms with Crippen LogP contribution in [-0.2, 0) is 9.53 Å². The molecule has 0 bridgehead atoms. The maximum Gasteiger partial charge on any atom is 0.254 e. The van der Waals surface area contributed by atoms with Crippen LogP contribution < -0.4 is 5.32 Å². The lowest BCUT2D eigenvalue weighted by Crippen LogP contribution is -2.27. The molecule has 122 valence electrons. The van der Waals surface area contributed by atoms with Crippen LogP contribution in [0.1, 0.15) is 13.3 Å². The van der Waals surface area contributed by atoms with Gasteiger partial charge >= 0.3 is 0 Å². The van der Waals surface area contributed by atoms with E-state index in [-0.39, 0.29) is 22.3 Å². The van der Waals surface area contributed by atoms with Gasteiger partial charge in [0.2, 0.25) is 0 Å². The van der Waals surface area contributed by atoms with Gasteiger partial charge in [-0.15, -0.1) is 17.9 Å². The van der Waals surface area contributed by atoms with Crippen molar-refractivity contribution < 1.29 is 18.3 Å². The zero-order valence-electron chi connectivity index (χ0n) is 12.5. The second-order valence-electron chi connectivity index (χ2n) is 4.71. The number of ether oxygens (including phenoxy) is 1. The summed E-state index contributed by atoms with van der Waals surface area (Å²) in [7, 11) is 0. The van der Waals surface area contributed by atoms with Crippen molar-refractivity contribution in [2.45, 2.75) is 19.4 Å². The van der Waals surface area contributed by atoms with E-state index in [1.807, 2.05) is 0 Å². The number of amides is 1. The number of rotatable bonds is 7. The van der Waals surface area contributed by atoms with Gasteiger partial charge in [-0.1, -0.05) is 12.1 Å². The van der Waals surface area contributed by atoms with E-state index >= 15 is 0 Å². The predicted molar refractivity (Wildman–Crippen MR) is 86.3 cm³/mol. The molecule has 1 N–H and O–H groups in total. The van der Waals surface area contributed by atoms with Gasteiger partial charge in [-0.3, -0.25) is 10.1 Å². The lowest BCUT2D eigenvalue weighted by molar-refractivity contribution is -0.126. The molecular formula is C16H16F2N2O2S. The Morgan fingerprint density at radius 1 is 1.48 bits per heavy atom. The zero-order chi connectivity index (χ0) is 16.8. The third kappa shape index (κ3) is 4.43. The normalized spacial score (nSPS) is 12.0. The van der Waals surface area contributed by atoms with E-state index in [2.05, 4.69) is 16.9 Å². The molecular weight excluding hydrogens is 322 g/mol. The molecule has 0 saturated heterocycles. The summed E-state index contributed by atoms with van der Waals surface area (Å²) in [5.41, 5.74) is -0.0688. The molecule has 1 atom stereocenters. The lowest BCUT2D eigenvalue weighted by Gasteiger charge is -2.11. The number of halogens is 2. The Labute approximate surface area is 136 Å². The van der Waals surface area contributed by atoms with Gasteiger partial charge in [-0.05, 0) is 25.5 Å². The summed E-state index contributed by atoms with van der Waals surface area (Å²) in [5, 5.41) is 4.31. The molecule has 1 unspecified atom stereocenters. The Morgan fingerprint density at radius 2 is 2.17 bits per heavy atom. The number of carbonyl (C=O) groups excluding carboxylic acids is 1. The molecule has 23 heavy (non-hydrogen) atoms. The van der Waals surface area contributed by atoms with Gasteiger partial charge in [0.05, 0.1) is 17.9 Å². The quantitative estimate of drug-likeness (QED) is 0.613. The van der Waals surface area contributed by atoms with Gasteiger partial charge in [0.1, 0.15) is 17.7 Å². The lowest BCUT2D eigenvalue weighted by atomic mass is 10.1. The van der Waals surface area contributed by atoms with Crippen LogP contribution in [0.15, 0.2) is 36.2 Å². The highest BCUT2D eigenvalue weighted by molar-refractivity contribution is 7.14. The molecule has 7 heteroatoms. The molecule has 0 aliphatic rings. The minimum Gasteiger partial charge on any atom is -0.368 e. The van der Waals surface area contributed by atoms with Crippen LogP contribution in [0.4, 0.5) is 13.9 Å². The number of nitrogens with zero attached hydrogens (tertiary/aromatic N) is 1. The molecule has 1 aromatic carbocycles. The summed E-state index contributed by atoms with van der Waals surface area (Å²) >= 11 is 1.09. The fraction of sp³-hybridized carbons (Fsp3) is 0.250. The van der Waals surface area contributed by atoms with Gasteiger partial charge in [-0.2, -0.15) is 0 Å². The maximum absolute atomic E-state index is 13.7. The van der Waals surface area contributed by atoms with Gasteiger partial charge in [-0.25, -0.2) is 13.8 Å². The number of anilines is 1. The Balaban J connectivity index is 2.05. The summed E-state index contributed by atoms with van der Waals surface area (Å²) in [6, 6.07) is 3.60. The Morgan fingerprint density at radius 3 is 2.83 bits per heavy atom. The number of carbonyl (C=O) groups is 1. The first kappa shape index (κ1) is 17.2. The molecule has 1 aromatic heterocycles. The van der Waals surface area contributed by atoms with Crippen molar-refractivity contribution in [2.24, 2.45) is 0 Å². The van der Waals surface area contributed by atoms with E-state index in [1.165, 1.54) is 11.4 Å². The molecule has 0 saturated carbocycles. The van der Waals surface area contributed by atoms with Crippen LogP contribution in [-0.4, -0.2) is 23.6 Å². The maximum atomic E-state index is 13.7. The van der Waals surface area contributed by atoms with Crippen LogP contribution >= 0.6 is 11.3 Å². The second-order valence-corrected chi connectivity index (χ2v) is 5.57. The van der Waals surface area contributed by atoms with E-state index in [0.717, 1.165) is 23.5 Å². The number of benzene rings is 1. The third-order valence-corrected chi connectivity index (χ3v) is 3.77. The van der Waals surface area contributed by atoms with Crippen molar-refractivity contribution in [1.82, 2.24) is 4.98 Å². The SMILES string of the molecule is C=CCCOC(C)C(=O)Nc1nc(-c2c(F)cccc2F)cs1. The number of aromatic nitrogens is 1. The van der Waals surface area contributed by atoms with Crippen LogP contribution in [0.2, 0.25) is 0 Å². The van der Waals surface area contributed by atoms with Crippen molar-refractivity contribution >= 4 is 22.4 Å². The molecule has 0 spiro atoms. The van der Waals surface area contributed by atoms with Crippen LogP contribution in [0.3, 0.4) is 0 Å². The standard InChI is InChI=1S/C16H16F2N2O2S/c1-3-4-8-22-10(2)15(21)20-16-19-13(9-23-16)14-11(17)6-5-7-12(14)18/h3,5-7,9-10H,1,4,8H2,2H3,(H,19,20,21). The Bertz CT molecular complexity index is 683. The fourth-order valence-corrected chi connectivity index (χ4v) is 2.50. The second kappa shape index (κ2) is 7.94. The van der Waals surface area contributed by atoms with E-state index in [0.29, 0.717) is 13.0 Å². The summed E-state index contributed by atoms with van der Waals surface area (Å²) < 4.78 is 32.8. The highest BCUT2D eigenvalue weighted by atomic mass is 32.1. The summed E-state index contributed by atoms with van der Waals surface area (Å²) in [6.45, 7) is 5.57. The first-order valence-corrected chi connectivity index (χ1v) is 7.84. The van der Waals surface area contributed by atoms with Crippen molar-refractivity contribution in [3.8, 4) is 11.3 Å². The summed E-state index contributed by atoms with van der Waals surface area (Å²) in [4.78, 5) is 16.0. The van der Waals surface area contributed by atoms with Gasteiger partial charge in [0, 0.05) is 5.38 Å². The first-order valence-electron chi connectivity index (χ1n) is 6.96. The predicted octanol–water partition coefficient (Wildman–Crippen LogP) is 4.01. The number of nitrogens with one attached hydrogen (secondary N) is 1. The van der Waals surface area contributed by atoms with Gasteiger partial charge in [0.25, 0.3) is 5.91 Å². The van der Waals surface area contributed by atoms with Crippen LogP contribution in [0, 0.1) is 11.6 Å². The average molecular weight is 338 g/mol. The molecule has 1 amide bonds. The first-order chi connectivity index (χ1) is 11.0. The Kier molecular flexibility index (Phi) is 5.95. The smallest absolute Gasteiger partial charge is 0.254 e. The van der Waals surface area contributed by atoms with Gasteiger partial charge in [0.15, 0.2) is 5.13 Å². The zero-order valence-corrected chi connectivity index (χ0v) is 13.3.